The molecule has 1 aliphatic rings. The third-order valence-corrected chi connectivity index (χ3v) is 4.51. The average molecular weight is 345 g/mol. The number of benzene rings is 2. The molecule has 1 aliphatic carbocycles. The van der Waals surface area contributed by atoms with Crippen molar-refractivity contribution in [3.63, 3.8) is 0 Å². The van der Waals surface area contributed by atoms with Crippen molar-refractivity contribution in [1.29, 1.82) is 5.26 Å². The average Bonchev–Trinajstić information content (AvgIpc) is 2.47. The number of hydrogen-bond acceptors (Lipinski definition) is 2. The van der Waals surface area contributed by atoms with Crippen LogP contribution in [0.4, 0.5) is 10.1 Å². The first-order valence-electron chi connectivity index (χ1n) is 6.81. The maximum Gasteiger partial charge on any atom is 0.146 e. The van der Waals surface area contributed by atoms with Crippen LogP contribution in [0.25, 0.3) is 0 Å². The molecule has 0 heterocycles. The lowest BCUT2D eigenvalue weighted by atomic mass is 9.62. The van der Waals surface area contributed by atoms with Crippen LogP contribution in [0.3, 0.4) is 0 Å². The molecule has 0 aliphatic heterocycles. The Bertz CT molecular complexity index is 688. The Morgan fingerprint density at radius 2 is 1.90 bits per heavy atom. The Labute approximate surface area is 131 Å². The summed E-state index contributed by atoms with van der Waals surface area (Å²) < 4.78 is 14.6. The van der Waals surface area contributed by atoms with Crippen LogP contribution < -0.4 is 5.32 Å². The number of nitrogens with zero attached hydrogens (tertiary/aromatic N) is 1. The largest absolute Gasteiger partial charge is 0.380 e. The van der Waals surface area contributed by atoms with Gasteiger partial charge in [-0.15, -0.1) is 0 Å². The van der Waals surface area contributed by atoms with Crippen LogP contribution >= 0.6 is 15.9 Å². The topological polar surface area (TPSA) is 35.8 Å². The fraction of sp³-hybridized carbons (Fsp3) is 0.235. The molecule has 0 spiro atoms. The summed E-state index contributed by atoms with van der Waals surface area (Å²) in [6.07, 6.45) is 1.39. The zero-order chi connectivity index (χ0) is 14.9. The third kappa shape index (κ3) is 2.66. The van der Waals surface area contributed by atoms with Crippen LogP contribution in [-0.2, 0) is 5.41 Å². The highest BCUT2D eigenvalue weighted by Crippen LogP contribution is 2.44. The third-order valence-electron chi connectivity index (χ3n) is 4.02. The highest BCUT2D eigenvalue weighted by atomic mass is 79.9. The molecule has 0 amide bonds. The molecular formula is C17H14BrFN2. The van der Waals surface area contributed by atoms with Crippen molar-refractivity contribution < 1.29 is 4.39 Å². The second kappa shape index (κ2) is 5.50. The maximum atomic E-state index is 13.7. The molecule has 1 N–H and O–H groups in total. The molecule has 0 saturated heterocycles. The van der Waals surface area contributed by atoms with Gasteiger partial charge in [0.2, 0.25) is 0 Å². The van der Waals surface area contributed by atoms with E-state index in [1.165, 1.54) is 6.07 Å². The molecule has 0 atom stereocenters. The van der Waals surface area contributed by atoms with E-state index in [9.17, 15) is 9.65 Å². The summed E-state index contributed by atoms with van der Waals surface area (Å²) in [7, 11) is 0. The van der Waals surface area contributed by atoms with E-state index in [4.69, 9.17) is 0 Å². The molecule has 1 saturated carbocycles. The number of halogens is 2. The molecule has 4 heteroatoms. The second-order valence-electron chi connectivity index (χ2n) is 5.43. The SMILES string of the molecule is N#CC1(c2ccccc2)CC(Nc2cc(Br)ccc2F)C1. The summed E-state index contributed by atoms with van der Waals surface area (Å²) >= 11 is 3.34. The van der Waals surface area contributed by atoms with Crippen molar-refractivity contribution in [2.45, 2.75) is 24.3 Å². The summed E-state index contributed by atoms with van der Waals surface area (Å²) in [6.45, 7) is 0. The maximum absolute atomic E-state index is 13.7. The highest BCUT2D eigenvalue weighted by molar-refractivity contribution is 9.10. The summed E-state index contributed by atoms with van der Waals surface area (Å²) in [4.78, 5) is 0. The Balaban J connectivity index is 1.73. The molecule has 0 aromatic heterocycles. The van der Waals surface area contributed by atoms with Crippen molar-refractivity contribution in [2.75, 3.05) is 5.32 Å². The summed E-state index contributed by atoms with van der Waals surface area (Å²) in [5, 5.41) is 12.7. The van der Waals surface area contributed by atoms with E-state index in [2.05, 4.69) is 27.3 Å². The van der Waals surface area contributed by atoms with Gasteiger partial charge in [-0.05, 0) is 36.6 Å². The van der Waals surface area contributed by atoms with Crippen molar-refractivity contribution >= 4 is 21.6 Å². The van der Waals surface area contributed by atoms with Crippen LogP contribution in [0.5, 0.6) is 0 Å². The highest BCUT2D eigenvalue weighted by Gasteiger charge is 2.46. The smallest absolute Gasteiger partial charge is 0.146 e. The van der Waals surface area contributed by atoms with E-state index < -0.39 is 5.41 Å². The lowest BCUT2D eigenvalue weighted by Gasteiger charge is -2.43. The predicted molar refractivity (Wildman–Crippen MR) is 84.5 cm³/mol. The molecule has 0 bridgehead atoms. The lowest BCUT2D eigenvalue weighted by molar-refractivity contribution is 0.289. The van der Waals surface area contributed by atoms with E-state index in [1.54, 1.807) is 12.1 Å². The van der Waals surface area contributed by atoms with E-state index >= 15 is 0 Å². The fourth-order valence-corrected chi connectivity index (χ4v) is 3.22. The van der Waals surface area contributed by atoms with Gasteiger partial charge in [-0.1, -0.05) is 46.3 Å². The number of hydrogen-bond donors (Lipinski definition) is 1. The predicted octanol–water partition coefficient (Wildman–Crippen LogP) is 4.62. The zero-order valence-corrected chi connectivity index (χ0v) is 12.9. The number of anilines is 1. The molecule has 0 unspecified atom stereocenters. The van der Waals surface area contributed by atoms with Crippen LogP contribution in [0.15, 0.2) is 53.0 Å². The Hall–Kier alpha value is -1.86. The molecule has 2 nitrogen and oxygen atoms in total. The van der Waals surface area contributed by atoms with Crippen LogP contribution in [0.2, 0.25) is 0 Å². The normalized spacial score (nSPS) is 24.0. The number of nitriles is 1. The van der Waals surface area contributed by atoms with Gasteiger partial charge in [-0.3, -0.25) is 0 Å². The fourth-order valence-electron chi connectivity index (χ4n) is 2.86. The zero-order valence-electron chi connectivity index (χ0n) is 11.3. The van der Waals surface area contributed by atoms with Crippen molar-refractivity contribution in [3.8, 4) is 6.07 Å². The van der Waals surface area contributed by atoms with E-state index in [1.807, 2.05) is 30.3 Å². The minimum absolute atomic E-state index is 0.119. The van der Waals surface area contributed by atoms with Gasteiger partial charge in [-0.25, -0.2) is 4.39 Å². The summed E-state index contributed by atoms with van der Waals surface area (Å²) in [5.41, 5.74) is 1.08. The molecule has 2 aromatic carbocycles. The molecular weight excluding hydrogens is 331 g/mol. The van der Waals surface area contributed by atoms with Crippen LogP contribution in [0, 0.1) is 17.1 Å². The number of rotatable bonds is 3. The van der Waals surface area contributed by atoms with Gasteiger partial charge in [-0.2, -0.15) is 5.26 Å². The van der Waals surface area contributed by atoms with Gasteiger partial charge in [0.05, 0.1) is 17.2 Å². The Morgan fingerprint density at radius 1 is 1.19 bits per heavy atom. The molecule has 21 heavy (non-hydrogen) atoms. The van der Waals surface area contributed by atoms with Gasteiger partial charge in [0.15, 0.2) is 0 Å². The quantitative estimate of drug-likeness (QED) is 0.881. The molecule has 106 valence electrons. The summed E-state index contributed by atoms with van der Waals surface area (Å²) in [5.74, 6) is -0.271. The molecule has 2 aromatic rings. The first-order chi connectivity index (χ1) is 10.1. The minimum atomic E-state index is -0.443. The Morgan fingerprint density at radius 3 is 2.57 bits per heavy atom. The second-order valence-corrected chi connectivity index (χ2v) is 6.35. The minimum Gasteiger partial charge on any atom is -0.380 e. The van der Waals surface area contributed by atoms with Gasteiger partial charge < -0.3 is 5.32 Å². The first kappa shape index (κ1) is 14.1. The van der Waals surface area contributed by atoms with E-state index in [0.29, 0.717) is 18.5 Å². The van der Waals surface area contributed by atoms with Gasteiger partial charge in [0, 0.05) is 10.5 Å². The van der Waals surface area contributed by atoms with Crippen LogP contribution in [-0.4, -0.2) is 6.04 Å². The van der Waals surface area contributed by atoms with Crippen molar-refractivity contribution in [2.24, 2.45) is 0 Å². The van der Waals surface area contributed by atoms with E-state index in [0.717, 1.165) is 10.0 Å². The lowest BCUT2D eigenvalue weighted by Crippen LogP contribution is -2.47. The summed E-state index contributed by atoms with van der Waals surface area (Å²) in [6, 6.07) is 17.2. The van der Waals surface area contributed by atoms with Gasteiger partial charge >= 0.3 is 0 Å². The van der Waals surface area contributed by atoms with Gasteiger partial charge in [0.1, 0.15) is 5.82 Å². The monoisotopic (exact) mass is 344 g/mol. The number of nitrogens with one attached hydrogen (secondary N) is 1. The Kier molecular flexibility index (Phi) is 3.69. The first-order valence-corrected chi connectivity index (χ1v) is 7.61. The molecule has 0 radical (unpaired) electrons. The molecule has 3 rings (SSSR count). The molecule has 1 fully saturated rings. The van der Waals surface area contributed by atoms with E-state index in [-0.39, 0.29) is 11.9 Å². The van der Waals surface area contributed by atoms with Crippen molar-refractivity contribution in [1.82, 2.24) is 0 Å². The standard InChI is InChI=1S/C17H14BrFN2/c18-13-6-7-15(19)16(8-13)21-14-9-17(10-14,11-20)12-4-2-1-3-5-12/h1-8,14,21H,9-10H2. The van der Waals surface area contributed by atoms with Crippen molar-refractivity contribution in [3.05, 3.63) is 64.4 Å². The van der Waals surface area contributed by atoms with Crippen LogP contribution in [0.1, 0.15) is 18.4 Å². The van der Waals surface area contributed by atoms with Gasteiger partial charge in [0.25, 0.3) is 0 Å².